The molecule has 0 aliphatic heterocycles. The molecule has 26 heavy (non-hydrogen) atoms. The molecule has 0 N–H and O–H groups in total. The summed E-state index contributed by atoms with van der Waals surface area (Å²) in [5, 5.41) is 11.5. The van der Waals surface area contributed by atoms with Crippen LogP contribution in [-0.2, 0) is 5.92 Å². The van der Waals surface area contributed by atoms with Gasteiger partial charge >= 0.3 is 5.92 Å². The van der Waals surface area contributed by atoms with Crippen LogP contribution in [0.3, 0.4) is 0 Å². The number of alkyl halides is 2. The molecule has 0 saturated carbocycles. The highest BCUT2D eigenvalue weighted by molar-refractivity contribution is 9.10. The summed E-state index contributed by atoms with van der Waals surface area (Å²) in [6, 6.07) is 9.18. The lowest BCUT2D eigenvalue weighted by molar-refractivity contribution is 0.0306. The second-order valence-corrected chi connectivity index (χ2v) is 6.56. The summed E-state index contributed by atoms with van der Waals surface area (Å²) in [5.41, 5.74) is 1.09. The fraction of sp³-hybridized carbons (Fsp3) is 0.118. The average Bonchev–Trinajstić information content (AvgIpc) is 3.06. The van der Waals surface area contributed by atoms with E-state index in [0.717, 1.165) is 4.52 Å². The van der Waals surface area contributed by atoms with Crippen molar-refractivity contribution < 1.29 is 8.78 Å². The zero-order chi connectivity index (χ0) is 18.3. The second kappa shape index (κ2) is 6.17. The Kier molecular flexibility index (Phi) is 3.95. The highest BCUT2D eigenvalue weighted by Gasteiger charge is 2.40. The second-order valence-electron chi connectivity index (χ2n) is 5.65. The van der Waals surface area contributed by atoms with Crippen molar-refractivity contribution in [3.8, 4) is 11.4 Å². The van der Waals surface area contributed by atoms with Gasteiger partial charge in [-0.25, -0.2) is 9.97 Å². The molecule has 0 saturated heterocycles. The Hall–Kier alpha value is -2.81. The summed E-state index contributed by atoms with van der Waals surface area (Å²) < 4.78 is 32.0. The van der Waals surface area contributed by atoms with E-state index in [0.29, 0.717) is 21.6 Å². The highest BCUT2D eigenvalue weighted by atomic mass is 79.9. The molecule has 0 unspecified atom stereocenters. The van der Waals surface area contributed by atoms with Gasteiger partial charge in [0.2, 0.25) is 5.82 Å². The normalized spacial score (nSPS) is 11.8. The topological polar surface area (TPSA) is 68.9 Å². The third-order valence-electron chi connectivity index (χ3n) is 3.78. The molecule has 4 aromatic rings. The molecule has 3 heterocycles. The monoisotopic (exact) mass is 416 g/mol. The van der Waals surface area contributed by atoms with Crippen LogP contribution >= 0.6 is 15.9 Å². The van der Waals surface area contributed by atoms with Gasteiger partial charge in [0, 0.05) is 23.5 Å². The minimum Gasteiger partial charge on any atom is -0.235 e. The van der Waals surface area contributed by atoms with Gasteiger partial charge in [-0.1, -0.05) is 18.2 Å². The number of benzene rings is 1. The molecule has 0 aliphatic rings. The standard InChI is InChI=1S/C17H11BrF2N6/c1-10-5-6-14-23-24-16(26(14)25-10)17(19,20)12-4-2-3-11(7-12)15-21-8-13(18)9-22-15/h2-9H,1H3. The van der Waals surface area contributed by atoms with Gasteiger partial charge in [-0.2, -0.15) is 18.4 Å². The van der Waals surface area contributed by atoms with Gasteiger partial charge in [0.1, 0.15) is 0 Å². The number of hydrogen-bond acceptors (Lipinski definition) is 5. The maximum absolute atomic E-state index is 15.1. The van der Waals surface area contributed by atoms with E-state index < -0.39 is 11.7 Å². The number of hydrogen-bond donors (Lipinski definition) is 0. The molecule has 0 aliphatic carbocycles. The average molecular weight is 417 g/mol. The van der Waals surface area contributed by atoms with E-state index in [1.807, 2.05) is 0 Å². The van der Waals surface area contributed by atoms with Gasteiger partial charge in [0.25, 0.3) is 0 Å². The van der Waals surface area contributed by atoms with E-state index in [-0.39, 0.29) is 11.2 Å². The first-order valence-electron chi connectivity index (χ1n) is 7.61. The molecule has 6 nitrogen and oxygen atoms in total. The number of aromatic nitrogens is 6. The first kappa shape index (κ1) is 16.6. The van der Waals surface area contributed by atoms with Crippen LogP contribution in [0, 0.1) is 6.92 Å². The number of halogens is 3. The third kappa shape index (κ3) is 2.84. The molecule has 0 bridgehead atoms. The zero-order valence-electron chi connectivity index (χ0n) is 13.4. The zero-order valence-corrected chi connectivity index (χ0v) is 15.0. The van der Waals surface area contributed by atoms with Gasteiger partial charge in [-0.15, -0.1) is 10.2 Å². The molecule has 0 fully saturated rings. The van der Waals surface area contributed by atoms with Gasteiger partial charge in [-0.3, -0.25) is 0 Å². The summed E-state index contributed by atoms with van der Waals surface area (Å²) in [6.07, 6.45) is 3.12. The van der Waals surface area contributed by atoms with Gasteiger partial charge in [0.15, 0.2) is 11.5 Å². The Morgan fingerprint density at radius 3 is 2.58 bits per heavy atom. The summed E-state index contributed by atoms with van der Waals surface area (Å²) in [4.78, 5) is 8.30. The number of rotatable bonds is 3. The maximum Gasteiger partial charge on any atom is 0.333 e. The van der Waals surface area contributed by atoms with Crippen LogP contribution in [0.1, 0.15) is 17.1 Å². The first-order chi connectivity index (χ1) is 12.4. The Morgan fingerprint density at radius 2 is 1.81 bits per heavy atom. The Balaban J connectivity index is 1.81. The van der Waals surface area contributed by atoms with Crippen LogP contribution in [0.15, 0.2) is 53.3 Å². The molecule has 0 radical (unpaired) electrons. The molecule has 4 rings (SSSR count). The van der Waals surface area contributed by atoms with Gasteiger partial charge in [-0.05, 0) is 41.1 Å². The van der Waals surface area contributed by atoms with Crippen LogP contribution in [0.2, 0.25) is 0 Å². The van der Waals surface area contributed by atoms with Crippen molar-refractivity contribution in [3.05, 3.63) is 70.3 Å². The van der Waals surface area contributed by atoms with E-state index in [2.05, 4.69) is 41.2 Å². The minimum atomic E-state index is -3.38. The summed E-state index contributed by atoms with van der Waals surface area (Å²) in [6.45, 7) is 1.72. The minimum absolute atomic E-state index is 0.237. The smallest absolute Gasteiger partial charge is 0.235 e. The van der Waals surface area contributed by atoms with Gasteiger partial charge < -0.3 is 0 Å². The van der Waals surface area contributed by atoms with E-state index in [4.69, 9.17) is 0 Å². The molecule has 9 heteroatoms. The van der Waals surface area contributed by atoms with Crippen molar-refractivity contribution in [3.63, 3.8) is 0 Å². The largest absolute Gasteiger partial charge is 0.333 e. The lowest BCUT2D eigenvalue weighted by Crippen LogP contribution is -2.20. The predicted octanol–water partition coefficient (Wildman–Crippen LogP) is 3.79. The predicted molar refractivity (Wildman–Crippen MR) is 93.7 cm³/mol. The quantitative estimate of drug-likeness (QED) is 0.508. The van der Waals surface area contributed by atoms with Crippen molar-refractivity contribution >= 4 is 21.6 Å². The maximum atomic E-state index is 15.1. The molecule has 3 aromatic heterocycles. The molecule has 0 atom stereocenters. The molecule has 0 amide bonds. The fourth-order valence-electron chi connectivity index (χ4n) is 2.52. The SMILES string of the molecule is Cc1ccc2nnc(C(F)(F)c3cccc(-c4ncc(Br)cn4)c3)n2n1. The summed E-state index contributed by atoms with van der Waals surface area (Å²) in [7, 11) is 0. The van der Waals surface area contributed by atoms with Crippen LogP contribution in [0.25, 0.3) is 17.0 Å². The van der Waals surface area contributed by atoms with E-state index in [9.17, 15) is 0 Å². The molecule has 0 spiro atoms. The van der Waals surface area contributed by atoms with Crippen molar-refractivity contribution in [2.24, 2.45) is 0 Å². The number of nitrogens with zero attached hydrogens (tertiary/aromatic N) is 6. The van der Waals surface area contributed by atoms with E-state index >= 15 is 8.78 Å². The van der Waals surface area contributed by atoms with Gasteiger partial charge in [0.05, 0.1) is 10.2 Å². The lowest BCUT2D eigenvalue weighted by Gasteiger charge is -2.15. The Labute approximate surface area is 155 Å². The summed E-state index contributed by atoms with van der Waals surface area (Å²) in [5.74, 6) is -3.57. The molecule has 130 valence electrons. The van der Waals surface area contributed by atoms with Crippen molar-refractivity contribution in [1.82, 2.24) is 29.8 Å². The first-order valence-corrected chi connectivity index (χ1v) is 8.40. The third-order valence-corrected chi connectivity index (χ3v) is 4.19. The van der Waals surface area contributed by atoms with Crippen LogP contribution in [-0.4, -0.2) is 29.8 Å². The lowest BCUT2D eigenvalue weighted by atomic mass is 10.0. The number of fused-ring (bicyclic) bond motifs is 1. The Bertz CT molecular complexity index is 1090. The summed E-state index contributed by atoms with van der Waals surface area (Å²) >= 11 is 3.25. The molecule has 1 aromatic carbocycles. The molecular formula is C17H11BrF2N6. The van der Waals surface area contributed by atoms with Crippen molar-refractivity contribution in [1.29, 1.82) is 0 Å². The van der Waals surface area contributed by atoms with E-state index in [1.54, 1.807) is 37.5 Å². The van der Waals surface area contributed by atoms with E-state index in [1.165, 1.54) is 18.2 Å². The highest BCUT2D eigenvalue weighted by Crippen LogP contribution is 2.35. The number of aryl methyl sites for hydroxylation is 1. The molecular weight excluding hydrogens is 406 g/mol. The van der Waals surface area contributed by atoms with Crippen molar-refractivity contribution in [2.45, 2.75) is 12.8 Å². The van der Waals surface area contributed by atoms with Crippen LogP contribution in [0.4, 0.5) is 8.78 Å². The fourth-order valence-corrected chi connectivity index (χ4v) is 2.73. The van der Waals surface area contributed by atoms with Crippen molar-refractivity contribution in [2.75, 3.05) is 0 Å². The Morgan fingerprint density at radius 1 is 1.04 bits per heavy atom. The van der Waals surface area contributed by atoms with Crippen LogP contribution < -0.4 is 0 Å². The van der Waals surface area contributed by atoms with Crippen LogP contribution in [0.5, 0.6) is 0 Å².